The molecule has 0 spiro atoms. The molecule has 3 aliphatic rings. The number of aliphatic hydroxyl groups excluding tert-OH is 5. The normalized spacial score (nSPS) is 43.7. The van der Waals surface area contributed by atoms with Crippen LogP contribution in [-0.4, -0.2) is 137 Å². The lowest BCUT2D eigenvalue weighted by atomic mass is 9.98. The second-order valence-electron chi connectivity index (χ2n) is 9.17. The van der Waals surface area contributed by atoms with E-state index in [2.05, 4.69) is 0 Å². The van der Waals surface area contributed by atoms with Gasteiger partial charge < -0.3 is 63.4 Å². The summed E-state index contributed by atoms with van der Waals surface area (Å²) in [6.07, 6.45) is -19.2. The van der Waals surface area contributed by atoms with E-state index in [4.69, 9.17) is 37.9 Å². The summed E-state index contributed by atoms with van der Waals surface area (Å²) < 4.78 is 42.9. The van der Waals surface area contributed by atoms with Crippen LogP contribution in [0.4, 0.5) is 0 Å². The number of esters is 3. The maximum Gasteiger partial charge on any atom is 0.303 e. The molecule has 0 aromatic rings. The van der Waals surface area contributed by atoms with Gasteiger partial charge in [-0.05, 0) is 6.92 Å². The third-order valence-corrected chi connectivity index (χ3v) is 6.12. The predicted octanol–water partition coefficient (Wildman–Crippen LogP) is -3.55. The molecule has 38 heavy (non-hydrogen) atoms. The maximum atomic E-state index is 11.9. The molecule has 3 heterocycles. The lowest BCUT2D eigenvalue weighted by Crippen LogP contribution is -2.65. The van der Waals surface area contributed by atoms with Crippen molar-refractivity contribution in [1.29, 1.82) is 0 Å². The highest BCUT2D eigenvalue weighted by Crippen LogP contribution is 2.32. The van der Waals surface area contributed by atoms with Gasteiger partial charge in [-0.25, -0.2) is 0 Å². The molecule has 3 fully saturated rings. The van der Waals surface area contributed by atoms with Gasteiger partial charge >= 0.3 is 17.9 Å². The molecular weight excluding hydrogens is 520 g/mol. The first-order chi connectivity index (χ1) is 17.8. The Morgan fingerprint density at radius 1 is 0.658 bits per heavy atom. The average molecular weight is 554 g/mol. The monoisotopic (exact) mass is 554 g/mol. The Morgan fingerprint density at radius 2 is 1.24 bits per heavy atom. The number of carbonyl (C=O) groups excluding carboxylic acids is 3. The second kappa shape index (κ2) is 12.9. The van der Waals surface area contributed by atoms with E-state index >= 15 is 0 Å². The minimum absolute atomic E-state index is 0.356. The van der Waals surface area contributed by atoms with Gasteiger partial charge in [-0.15, -0.1) is 0 Å². The van der Waals surface area contributed by atoms with Gasteiger partial charge in [0.15, 0.2) is 37.2 Å². The van der Waals surface area contributed by atoms with Crippen molar-refractivity contribution < 1.29 is 77.8 Å². The topological polar surface area (TPSA) is 226 Å². The summed E-state index contributed by atoms with van der Waals surface area (Å²) in [6.45, 7) is 3.98. The van der Waals surface area contributed by atoms with E-state index < -0.39 is 97.8 Å². The molecule has 16 heteroatoms. The molecule has 13 atom stereocenters. The van der Waals surface area contributed by atoms with Gasteiger partial charge in [-0.2, -0.15) is 0 Å². The third-order valence-electron chi connectivity index (χ3n) is 6.12. The Kier molecular flexibility index (Phi) is 10.4. The van der Waals surface area contributed by atoms with E-state index in [1.54, 1.807) is 0 Å². The number of ether oxygens (including phenoxy) is 8. The summed E-state index contributed by atoms with van der Waals surface area (Å²) in [5.41, 5.74) is 0. The summed E-state index contributed by atoms with van der Waals surface area (Å²) in [5, 5.41) is 51.7. The highest BCUT2D eigenvalue weighted by Gasteiger charge is 2.53. The Hall–Kier alpha value is -1.99. The van der Waals surface area contributed by atoms with Crippen molar-refractivity contribution in [3.8, 4) is 0 Å². The number of aliphatic hydroxyl groups is 5. The van der Waals surface area contributed by atoms with Crippen LogP contribution in [0.2, 0.25) is 0 Å². The zero-order valence-electron chi connectivity index (χ0n) is 21.1. The fraction of sp³-hybridized carbons (Fsp3) is 0.864. The molecule has 0 bridgehead atoms. The first-order valence-electron chi connectivity index (χ1n) is 11.9. The van der Waals surface area contributed by atoms with Crippen LogP contribution >= 0.6 is 0 Å². The van der Waals surface area contributed by atoms with Gasteiger partial charge in [0.1, 0.15) is 36.6 Å². The third kappa shape index (κ3) is 7.15. The van der Waals surface area contributed by atoms with Gasteiger partial charge in [-0.1, -0.05) is 0 Å². The summed E-state index contributed by atoms with van der Waals surface area (Å²) in [5.74, 6) is -2.33. The fourth-order valence-corrected chi connectivity index (χ4v) is 4.33. The van der Waals surface area contributed by atoms with E-state index in [1.165, 1.54) is 6.92 Å². The molecule has 3 aliphatic heterocycles. The SMILES string of the molecule is CC(=O)O[C@H]1[C@H](O[C@@H]2[C@@H](O)[C@H](C)O[C@@H](O[C@H]3C(O)OC[C@@H](O)[C@@H]3O)[C@@H]2O)OC[C@@H](OC(C)=O)[C@H]1OC(C)=O. The Morgan fingerprint density at radius 3 is 1.84 bits per heavy atom. The molecule has 3 saturated heterocycles. The molecule has 16 nitrogen and oxygen atoms in total. The summed E-state index contributed by atoms with van der Waals surface area (Å²) >= 11 is 0. The van der Waals surface area contributed by atoms with Crippen molar-refractivity contribution in [2.75, 3.05) is 13.2 Å². The second-order valence-corrected chi connectivity index (χ2v) is 9.17. The van der Waals surface area contributed by atoms with Gasteiger partial charge in [-0.3, -0.25) is 14.4 Å². The van der Waals surface area contributed by atoms with Crippen LogP contribution in [0.1, 0.15) is 27.7 Å². The lowest BCUT2D eigenvalue weighted by Gasteiger charge is -2.46. The average Bonchev–Trinajstić information content (AvgIpc) is 2.82. The summed E-state index contributed by atoms with van der Waals surface area (Å²) in [4.78, 5) is 35.2. The molecule has 3 rings (SSSR count). The van der Waals surface area contributed by atoms with Crippen LogP contribution in [0.3, 0.4) is 0 Å². The smallest absolute Gasteiger partial charge is 0.303 e. The van der Waals surface area contributed by atoms with Gasteiger partial charge in [0.05, 0.1) is 19.3 Å². The molecule has 0 radical (unpaired) electrons. The van der Waals surface area contributed by atoms with E-state index in [9.17, 15) is 39.9 Å². The molecule has 1 unspecified atom stereocenters. The number of rotatable bonds is 7. The van der Waals surface area contributed by atoms with E-state index in [-0.39, 0.29) is 13.2 Å². The van der Waals surface area contributed by atoms with Crippen molar-refractivity contribution in [2.24, 2.45) is 0 Å². The van der Waals surface area contributed by atoms with Crippen LogP contribution in [0.15, 0.2) is 0 Å². The highest BCUT2D eigenvalue weighted by atomic mass is 16.8. The van der Waals surface area contributed by atoms with Crippen LogP contribution in [-0.2, 0) is 52.3 Å². The minimum Gasteiger partial charge on any atom is -0.456 e. The zero-order chi connectivity index (χ0) is 28.3. The van der Waals surface area contributed by atoms with E-state index in [0.29, 0.717) is 0 Å². The molecule has 218 valence electrons. The molecule has 0 aliphatic carbocycles. The van der Waals surface area contributed by atoms with Gasteiger partial charge in [0, 0.05) is 20.8 Å². The van der Waals surface area contributed by atoms with Crippen molar-refractivity contribution in [3.63, 3.8) is 0 Å². The van der Waals surface area contributed by atoms with Crippen molar-refractivity contribution in [2.45, 2.75) is 108 Å². The number of hydrogen-bond acceptors (Lipinski definition) is 16. The lowest BCUT2D eigenvalue weighted by molar-refractivity contribution is -0.369. The number of hydrogen-bond donors (Lipinski definition) is 5. The standard InChI is InChI=1S/C22H34O16/c1-7-13(27)17(15(29)21(33-7)38-18-14(28)11(26)5-31-20(18)30)37-22-19(36-10(4)25)16(35-9(3)24)12(6-32-22)34-8(2)23/h7,11-22,26-30H,5-6H2,1-4H3/t7-,11+,12+,13-,14-,15+,16+,17+,18+,19+,20?,21-,22-/m0/s1. The molecule has 0 aromatic heterocycles. The predicted molar refractivity (Wildman–Crippen MR) is 116 cm³/mol. The Bertz CT molecular complexity index is 838. The van der Waals surface area contributed by atoms with E-state index in [1.807, 2.05) is 0 Å². The van der Waals surface area contributed by atoms with Crippen LogP contribution in [0, 0.1) is 0 Å². The maximum absolute atomic E-state index is 11.9. The largest absolute Gasteiger partial charge is 0.456 e. The number of carbonyl (C=O) groups is 3. The molecule has 0 amide bonds. The molecule has 0 saturated carbocycles. The van der Waals surface area contributed by atoms with Gasteiger partial charge in [0.2, 0.25) is 0 Å². The van der Waals surface area contributed by atoms with Crippen LogP contribution < -0.4 is 0 Å². The van der Waals surface area contributed by atoms with Gasteiger partial charge in [0.25, 0.3) is 0 Å². The zero-order valence-corrected chi connectivity index (χ0v) is 21.1. The van der Waals surface area contributed by atoms with Crippen LogP contribution in [0.5, 0.6) is 0 Å². The Balaban J connectivity index is 1.82. The minimum atomic E-state index is -1.78. The summed E-state index contributed by atoms with van der Waals surface area (Å²) in [6, 6.07) is 0. The fourth-order valence-electron chi connectivity index (χ4n) is 4.33. The molecule has 5 N–H and O–H groups in total. The van der Waals surface area contributed by atoms with Crippen molar-refractivity contribution >= 4 is 17.9 Å². The summed E-state index contributed by atoms with van der Waals surface area (Å²) in [7, 11) is 0. The Labute approximate surface area is 217 Å². The molecule has 0 aromatic carbocycles. The van der Waals surface area contributed by atoms with Crippen molar-refractivity contribution in [1.82, 2.24) is 0 Å². The highest BCUT2D eigenvalue weighted by molar-refractivity contribution is 5.68. The molecular formula is C22H34O16. The van der Waals surface area contributed by atoms with E-state index in [0.717, 1.165) is 20.8 Å². The quantitative estimate of drug-likeness (QED) is 0.152. The first kappa shape index (κ1) is 30.6. The van der Waals surface area contributed by atoms with Crippen molar-refractivity contribution in [3.05, 3.63) is 0 Å². The van der Waals surface area contributed by atoms with Crippen LogP contribution in [0.25, 0.3) is 0 Å². The first-order valence-corrected chi connectivity index (χ1v) is 11.9.